The number of nitrogens with zero attached hydrogens (tertiary/aromatic N) is 2. The predicted molar refractivity (Wildman–Crippen MR) is 92.3 cm³/mol. The number of nitrogens with one attached hydrogen (secondary N) is 1. The Balaban J connectivity index is 1.84. The molecular formula is C19H18FN3O2. The molecule has 1 atom stereocenters. The number of benzene rings is 2. The number of halogens is 1. The van der Waals surface area contributed by atoms with Crippen LogP contribution < -0.4 is 5.32 Å². The molecule has 0 radical (unpaired) electrons. The molecule has 1 amide bonds. The Bertz CT molecular complexity index is 874. The van der Waals surface area contributed by atoms with E-state index in [2.05, 4.69) is 15.5 Å². The predicted octanol–water partition coefficient (Wildman–Crippen LogP) is 4.07. The van der Waals surface area contributed by atoms with E-state index in [0.717, 1.165) is 6.42 Å². The first-order valence-electron chi connectivity index (χ1n) is 8.07. The number of hydrogen-bond donors (Lipinski definition) is 1. The molecule has 0 fully saturated rings. The van der Waals surface area contributed by atoms with Gasteiger partial charge >= 0.3 is 0 Å². The zero-order valence-electron chi connectivity index (χ0n) is 14.0. The standard InChI is InChI=1S/C19H18FN3O2/c1-3-12(2)21-18(24)14-5-4-6-15(11-14)19-22-17(23-25-19)13-7-9-16(20)10-8-13/h4-12H,3H2,1-2H3,(H,21,24)/t12-/m0/s1. The second-order valence-electron chi connectivity index (χ2n) is 5.79. The van der Waals surface area contributed by atoms with Crippen LogP contribution >= 0.6 is 0 Å². The van der Waals surface area contributed by atoms with Crippen LogP contribution in [0.4, 0.5) is 4.39 Å². The van der Waals surface area contributed by atoms with Crippen LogP contribution in [0.2, 0.25) is 0 Å². The largest absolute Gasteiger partial charge is 0.350 e. The van der Waals surface area contributed by atoms with Gasteiger partial charge in [0.1, 0.15) is 5.82 Å². The van der Waals surface area contributed by atoms with Gasteiger partial charge in [-0.2, -0.15) is 4.98 Å². The Morgan fingerprint density at radius 3 is 2.68 bits per heavy atom. The summed E-state index contributed by atoms with van der Waals surface area (Å²) in [4.78, 5) is 16.6. The van der Waals surface area contributed by atoms with Crippen molar-refractivity contribution in [1.82, 2.24) is 15.5 Å². The molecule has 2 aromatic carbocycles. The van der Waals surface area contributed by atoms with Crippen LogP contribution in [0.25, 0.3) is 22.8 Å². The molecule has 0 bridgehead atoms. The van der Waals surface area contributed by atoms with E-state index >= 15 is 0 Å². The van der Waals surface area contributed by atoms with Crippen molar-refractivity contribution in [3.05, 3.63) is 59.9 Å². The highest BCUT2D eigenvalue weighted by atomic mass is 19.1. The fraction of sp³-hybridized carbons (Fsp3) is 0.211. The zero-order chi connectivity index (χ0) is 17.8. The first kappa shape index (κ1) is 16.8. The van der Waals surface area contributed by atoms with Crippen molar-refractivity contribution >= 4 is 5.91 Å². The van der Waals surface area contributed by atoms with Crippen molar-refractivity contribution < 1.29 is 13.7 Å². The fourth-order valence-corrected chi connectivity index (χ4v) is 2.26. The molecule has 0 saturated carbocycles. The van der Waals surface area contributed by atoms with Gasteiger partial charge in [-0.3, -0.25) is 4.79 Å². The summed E-state index contributed by atoms with van der Waals surface area (Å²) >= 11 is 0. The van der Waals surface area contributed by atoms with Gasteiger partial charge in [0.15, 0.2) is 0 Å². The SMILES string of the molecule is CC[C@H](C)NC(=O)c1cccc(-c2nc(-c3ccc(F)cc3)no2)c1. The van der Waals surface area contributed by atoms with Crippen LogP contribution in [0, 0.1) is 5.82 Å². The lowest BCUT2D eigenvalue weighted by Crippen LogP contribution is -2.31. The Hall–Kier alpha value is -3.02. The average molecular weight is 339 g/mol. The summed E-state index contributed by atoms with van der Waals surface area (Å²) in [6, 6.07) is 12.9. The van der Waals surface area contributed by atoms with Crippen LogP contribution in [-0.4, -0.2) is 22.1 Å². The van der Waals surface area contributed by atoms with Crippen molar-refractivity contribution in [3.8, 4) is 22.8 Å². The number of amides is 1. The van der Waals surface area contributed by atoms with Gasteiger partial charge in [-0.05, 0) is 55.8 Å². The molecule has 0 aliphatic carbocycles. The summed E-state index contributed by atoms with van der Waals surface area (Å²) < 4.78 is 18.3. The Labute approximate surface area is 144 Å². The summed E-state index contributed by atoms with van der Waals surface area (Å²) in [5.74, 6) is 0.198. The average Bonchev–Trinajstić information content (AvgIpc) is 3.12. The third-order valence-electron chi connectivity index (χ3n) is 3.89. The third-order valence-corrected chi connectivity index (χ3v) is 3.89. The lowest BCUT2D eigenvalue weighted by Gasteiger charge is -2.11. The highest BCUT2D eigenvalue weighted by molar-refractivity contribution is 5.95. The summed E-state index contributed by atoms with van der Waals surface area (Å²) in [6.45, 7) is 3.96. The topological polar surface area (TPSA) is 68.0 Å². The van der Waals surface area contributed by atoms with Crippen LogP contribution in [0.1, 0.15) is 30.6 Å². The smallest absolute Gasteiger partial charge is 0.258 e. The van der Waals surface area contributed by atoms with Crippen molar-refractivity contribution in [2.24, 2.45) is 0 Å². The van der Waals surface area contributed by atoms with Gasteiger partial charge in [-0.1, -0.05) is 18.1 Å². The molecule has 128 valence electrons. The number of carbonyl (C=O) groups excluding carboxylic acids is 1. The molecule has 3 aromatic rings. The van der Waals surface area contributed by atoms with E-state index < -0.39 is 0 Å². The van der Waals surface area contributed by atoms with Gasteiger partial charge < -0.3 is 9.84 Å². The van der Waals surface area contributed by atoms with E-state index in [0.29, 0.717) is 28.4 Å². The quantitative estimate of drug-likeness (QED) is 0.761. The first-order chi connectivity index (χ1) is 12.1. The van der Waals surface area contributed by atoms with E-state index in [1.165, 1.54) is 12.1 Å². The minimum atomic E-state index is -0.326. The second-order valence-corrected chi connectivity index (χ2v) is 5.79. The van der Waals surface area contributed by atoms with Gasteiger partial charge in [0.2, 0.25) is 5.82 Å². The number of hydrogen-bond acceptors (Lipinski definition) is 4. The molecule has 0 saturated heterocycles. The molecule has 0 aliphatic heterocycles. The molecule has 0 unspecified atom stereocenters. The summed E-state index contributed by atoms with van der Waals surface area (Å²) in [6.07, 6.45) is 0.857. The Morgan fingerprint density at radius 2 is 1.96 bits per heavy atom. The lowest BCUT2D eigenvalue weighted by molar-refractivity contribution is 0.0939. The maximum atomic E-state index is 13.0. The third kappa shape index (κ3) is 3.91. The number of rotatable bonds is 5. The lowest BCUT2D eigenvalue weighted by atomic mass is 10.1. The van der Waals surface area contributed by atoms with Crippen molar-refractivity contribution in [1.29, 1.82) is 0 Å². The monoisotopic (exact) mass is 339 g/mol. The van der Waals surface area contributed by atoms with Crippen molar-refractivity contribution in [3.63, 3.8) is 0 Å². The maximum absolute atomic E-state index is 13.0. The molecule has 3 rings (SSSR count). The van der Waals surface area contributed by atoms with Gasteiger partial charge in [-0.25, -0.2) is 4.39 Å². The highest BCUT2D eigenvalue weighted by Gasteiger charge is 2.14. The Morgan fingerprint density at radius 1 is 1.20 bits per heavy atom. The normalized spacial score (nSPS) is 12.0. The van der Waals surface area contributed by atoms with Crippen molar-refractivity contribution in [2.45, 2.75) is 26.3 Å². The van der Waals surface area contributed by atoms with Gasteiger partial charge in [0.25, 0.3) is 11.8 Å². The molecular weight excluding hydrogens is 321 g/mol. The minimum Gasteiger partial charge on any atom is -0.350 e. The van der Waals surface area contributed by atoms with Crippen LogP contribution in [0.15, 0.2) is 53.1 Å². The molecule has 6 heteroatoms. The second kappa shape index (κ2) is 7.25. The molecule has 1 heterocycles. The number of aromatic nitrogens is 2. The maximum Gasteiger partial charge on any atom is 0.258 e. The first-order valence-corrected chi connectivity index (χ1v) is 8.07. The molecule has 5 nitrogen and oxygen atoms in total. The van der Waals surface area contributed by atoms with E-state index in [1.54, 1.807) is 36.4 Å². The van der Waals surface area contributed by atoms with E-state index in [9.17, 15) is 9.18 Å². The zero-order valence-corrected chi connectivity index (χ0v) is 14.0. The minimum absolute atomic E-state index is 0.102. The molecule has 0 aliphatic rings. The van der Waals surface area contributed by atoms with Gasteiger partial charge in [0.05, 0.1) is 0 Å². The van der Waals surface area contributed by atoms with E-state index in [1.807, 2.05) is 13.8 Å². The highest BCUT2D eigenvalue weighted by Crippen LogP contribution is 2.23. The van der Waals surface area contributed by atoms with Crippen LogP contribution in [0.5, 0.6) is 0 Å². The van der Waals surface area contributed by atoms with E-state index in [4.69, 9.17) is 4.52 Å². The van der Waals surface area contributed by atoms with Gasteiger partial charge in [-0.15, -0.1) is 0 Å². The van der Waals surface area contributed by atoms with Crippen molar-refractivity contribution in [2.75, 3.05) is 0 Å². The van der Waals surface area contributed by atoms with Crippen LogP contribution in [0.3, 0.4) is 0 Å². The summed E-state index contributed by atoms with van der Waals surface area (Å²) in [7, 11) is 0. The fourth-order valence-electron chi connectivity index (χ4n) is 2.26. The van der Waals surface area contributed by atoms with Crippen LogP contribution in [-0.2, 0) is 0 Å². The van der Waals surface area contributed by atoms with E-state index in [-0.39, 0.29) is 17.8 Å². The molecule has 25 heavy (non-hydrogen) atoms. The molecule has 1 aromatic heterocycles. The molecule has 0 spiro atoms. The summed E-state index contributed by atoms with van der Waals surface area (Å²) in [5, 5.41) is 6.84. The number of carbonyl (C=O) groups is 1. The molecule has 1 N–H and O–H groups in total. The summed E-state index contributed by atoms with van der Waals surface area (Å²) in [5.41, 5.74) is 1.83. The van der Waals surface area contributed by atoms with Gasteiger partial charge in [0, 0.05) is 22.7 Å². The Kier molecular flexibility index (Phi) is 4.88.